The Kier molecular flexibility index (Phi) is 7.31. The molecule has 1 amide bonds. The van der Waals surface area contributed by atoms with Crippen molar-refractivity contribution in [2.45, 2.75) is 51.5 Å². The summed E-state index contributed by atoms with van der Waals surface area (Å²) in [5.41, 5.74) is 6.82. The minimum absolute atomic E-state index is 0.102. The molecule has 2 N–H and O–H groups in total. The Morgan fingerprint density at radius 2 is 1.59 bits per heavy atom. The van der Waals surface area contributed by atoms with Crippen LogP contribution in [0, 0.1) is 12.8 Å². The van der Waals surface area contributed by atoms with Gasteiger partial charge in [-0.25, -0.2) is 0 Å². The number of amides is 1. The highest BCUT2D eigenvalue weighted by Gasteiger charge is 2.24. The van der Waals surface area contributed by atoms with Gasteiger partial charge in [-0.2, -0.15) is 0 Å². The van der Waals surface area contributed by atoms with Crippen LogP contribution in [0.2, 0.25) is 0 Å². The van der Waals surface area contributed by atoms with Gasteiger partial charge in [-0.1, -0.05) is 66.7 Å². The van der Waals surface area contributed by atoms with E-state index in [0.29, 0.717) is 23.9 Å². The Morgan fingerprint density at radius 1 is 0.892 bits per heavy atom. The smallest absolute Gasteiger partial charge is 0.303 e. The van der Waals surface area contributed by atoms with Crippen molar-refractivity contribution in [3.8, 4) is 11.1 Å². The number of nitrogens with zero attached hydrogens (tertiary/aromatic N) is 1. The van der Waals surface area contributed by atoms with Crippen molar-refractivity contribution in [3.63, 3.8) is 0 Å². The third kappa shape index (κ3) is 5.88. The first-order chi connectivity index (χ1) is 18.0. The number of carboxylic acid groups (broad SMARTS) is 1. The molecule has 1 saturated carbocycles. The van der Waals surface area contributed by atoms with Crippen molar-refractivity contribution >= 4 is 22.8 Å². The van der Waals surface area contributed by atoms with Gasteiger partial charge in [0.25, 0.3) is 5.91 Å². The molecule has 1 fully saturated rings. The van der Waals surface area contributed by atoms with Gasteiger partial charge in [-0.05, 0) is 78.8 Å². The molecule has 0 spiro atoms. The van der Waals surface area contributed by atoms with Crippen LogP contribution in [-0.4, -0.2) is 22.0 Å². The van der Waals surface area contributed by atoms with Crippen LogP contribution in [0.3, 0.4) is 0 Å². The summed E-state index contributed by atoms with van der Waals surface area (Å²) in [4.78, 5) is 28.8. The van der Waals surface area contributed by atoms with Crippen LogP contribution in [-0.2, 0) is 11.3 Å². The van der Waals surface area contributed by atoms with Gasteiger partial charge in [-0.15, -0.1) is 0 Å². The topological polar surface area (TPSA) is 79.3 Å². The number of aliphatic carboxylic acids is 1. The summed E-state index contributed by atoms with van der Waals surface area (Å²) in [6.45, 7) is 2.40. The number of hydrogen-bond acceptors (Lipinski definition) is 3. The van der Waals surface area contributed by atoms with Crippen LogP contribution in [0.1, 0.15) is 65.2 Å². The number of benzene rings is 3. The Labute approximate surface area is 217 Å². The molecule has 3 aromatic carbocycles. The van der Waals surface area contributed by atoms with E-state index in [-0.39, 0.29) is 12.3 Å². The fourth-order valence-electron chi connectivity index (χ4n) is 5.50. The van der Waals surface area contributed by atoms with Gasteiger partial charge in [0.15, 0.2) is 0 Å². The molecule has 0 aliphatic heterocycles. The highest BCUT2D eigenvalue weighted by molar-refractivity contribution is 6.06. The number of carbonyl (C=O) groups excluding carboxylic acids is 1. The SMILES string of the molecule is Cc1cc(C(=O)NCc2ccccc2)c2ccc(-c3ccc(C4CCC(CC(=O)O)CC4)cc3)cc2n1. The average molecular weight is 493 g/mol. The minimum Gasteiger partial charge on any atom is -0.481 e. The van der Waals surface area contributed by atoms with Crippen LogP contribution in [0.5, 0.6) is 0 Å². The Balaban J connectivity index is 1.31. The molecule has 4 aromatic rings. The van der Waals surface area contributed by atoms with Crippen LogP contribution in [0.15, 0.2) is 78.9 Å². The second kappa shape index (κ2) is 11.0. The van der Waals surface area contributed by atoms with E-state index in [9.17, 15) is 9.59 Å². The molecule has 0 unspecified atom stereocenters. The molecule has 5 rings (SSSR count). The lowest BCUT2D eigenvalue weighted by atomic mass is 9.77. The number of carbonyl (C=O) groups is 2. The monoisotopic (exact) mass is 492 g/mol. The third-order valence-corrected chi connectivity index (χ3v) is 7.50. The molecule has 0 atom stereocenters. The number of carboxylic acids is 1. The van der Waals surface area contributed by atoms with Crippen LogP contribution >= 0.6 is 0 Å². The Bertz CT molecular complexity index is 1410. The Morgan fingerprint density at radius 3 is 2.30 bits per heavy atom. The van der Waals surface area contributed by atoms with E-state index in [1.165, 1.54) is 5.56 Å². The fraction of sp³-hybridized carbons (Fsp3) is 0.281. The first-order valence-electron chi connectivity index (χ1n) is 13.0. The fourth-order valence-corrected chi connectivity index (χ4v) is 5.50. The zero-order valence-electron chi connectivity index (χ0n) is 21.1. The summed E-state index contributed by atoms with van der Waals surface area (Å²) in [5.74, 6) is 0.0196. The lowest BCUT2D eigenvalue weighted by molar-refractivity contribution is -0.138. The molecule has 37 heavy (non-hydrogen) atoms. The highest BCUT2D eigenvalue weighted by Crippen LogP contribution is 2.37. The summed E-state index contributed by atoms with van der Waals surface area (Å²) >= 11 is 0. The lowest BCUT2D eigenvalue weighted by Crippen LogP contribution is -2.23. The zero-order chi connectivity index (χ0) is 25.8. The normalized spacial score (nSPS) is 17.4. The second-order valence-corrected chi connectivity index (χ2v) is 10.1. The van der Waals surface area contributed by atoms with Crippen molar-refractivity contribution in [2.24, 2.45) is 5.92 Å². The predicted molar refractivity (Wildman–Crippen MR) is 146 cm³/mol. The van der Waals surface area contributed by atoms with Gasteiger partial charge < -0.3 is 10.4 Å². The summed E-state index contributed by atoms with van der Waals surface area (Å²) in [7, 11) is 0. The average Bonchev–Trinajstić information content (AvgIpc) is 2.91. The molecule has 1 aliphatic rings. The summed E-state index contributed by atoms with van der Waals surface area (Å²) in [6.07, 6.45) is 4.35. The van der Waals surface area contributed by atoms with Gasteiger partial charge in [0.1, 0.15) is 0 Å². The lowest BCUT2D eigenvalue weighted by Gasteiger charge is -2.28. The quantitative estimate of drug-likeness (QED) is 0.294. The maximum absolute atomic E-state index is 13.0. The predicted octanol–water partition coefficient (Wildman–Crippen LogP) is 6.89. The first-order valence-corrected chi connectivity index (χ1v) is 13.0. The van der Waals surface area contributed by atoms with Gasteiger partial charge in [0, 0.05) is 24.0 Å². The van der Waals surface area contributed by atoms with Gasteiger partial charge in [0.05, 0.1) is 11.1 Å². The number of aromatic nitrogens is 1. The molecule has 0 radical (unpaired) electrons. The van der Waals surface area contributed by atoms with E-state index in [0.717, 1.165) is 59.0 Å². The van der Waals surface area contributed by atoms with Gasteiger partial charge in [0.2, 0.25) is 0 Å². The minimum atomic E-state index is -0.687. The maximum atomic E-state index is 13.0. The molecule has 1 aliphatic carbocycles. The molecule has 1 aromatic heterocycles. The van der Waals surface area contributed by atoms with Crippen molar-refractivity contribution in [3.05, 3.63) is 101 Å². The maximum Gasteiger partial charge on any atom is 0.303 e. The van der Waals surface area contributed by atoms with Crippen LogP contribution in [0.25, 0.3) is 22.0 Å². The standard InChI is InChI=1S/C32H32N2O3/c1-21-17-29(32(37)33-20-23-5-3-2-4-6-23)28-16-15-27(19-30(28)34-21)26-13-11-25(12-14-26)24-9-7-22(8-10-24)18-31(35)36/h2-6,11-17,19,22,24H,7-10,18,20H2,1H3,(H,33,37)(H,35,36). The largest absolute Gasteiger partial charge is 0.481 e. The summed E-state index contributed by atoms with van der Waals surface area (Å²) in [6, 6.07) is 26.6. The number of aryl methyl sites for hydroxylation is 1. The number of rotatable bonds is 7. The number of hydrogen-bond donors (Lipinski definition) is 2. The highest BCUT2D eigenvalue weighted by atomic mass is 16.4. The van der Waals surface area contributed by atoms with Gasteiger partial charge in [-0.3, -0.25) is 14.6 Å². The van der Waals surface area contributed by atoms with Gasteiger partial charge >= 0.3 is 5.97 Å². The van der Waals surface area contributed by atoms with Crippen molar-refractivity contribution in [1.82, 2.24) is 10.3 Å². The van der Waals surface area contributed by atoms with Crippen molar-refractivity contribution in [1.29, 1.82) is 0 Å². The number of pyridine rings is 1. The van der Waals surface area contributed by atoms with E-state index in [4.69, 9.17) is 10.1 Å². The molecule has 5 nitrogen and oxygen atoms in total. The van der Waals surface area contributed by atoms with Crippen molar-refractivity contribution < 1.29 is 14.7 Å². The first kappa shape index (κ1) is 24.7. The van der Waals surface area contributed by atoms with Crippen molar-refractivity contribution in [2.75, 3.05) is 0 Å². The molecule has 5 heteroatoms. The number of fused-ring (bicyclic) bond motifs is 1. The van der Waals surface area contributed by atoms with Crippen LogP contribution in [0.4, 0.5) is 0 Å². The zero-order valence-corrected chi connectivity index (χ0v) is 21.1. The summed E-state index contributed by atoms with van der Waals surface area (Å²) in [5, 5.41) is 12.9. The second-order valence-electron chi connectivity index (χ2n) is 10.1. The summed E-state index contributed by atoms with van der Waals surface area (Å²) < 4.78 is 0. The van der Waals surface area contributed by atoms with E-state index in [2.05, 4.69) is 41.7 Å². The molecule has 0 bridgehead atoms. The Hall–Kier alpha value is -3.99. The molecule has 0 saturated heterocycles. The molecular weight excluding hydrogens is 460 g/mol. The molecule has 188 valence electrons. The van der Waals surface area contributed by atoms with E-state index < -0.39 is 5.97 Å². The number of nitrogens with one attached hydrogen (secondary N) is 1. The van der Waals surface area contributed by atoms with E-state index in [1.54, 1.807) is 0 Å². The van der Waals surface area contributed by atoms with E-state index in [1.807, 2.05) is 49.4 Å². The molecule has 1 heterocycles. The molecular formula is C32H32N2O3. The van der Waals surface area contributed by atoms with Crippen LogP contribution < -0.4 is 5.32 Å². The van der Waals surface area contributed by atoms with E-state index >= 15 is 0 Å². The third-order valence-electron chi connectivity index (χ3n) is 7.50.